The summed E-state index contributed by atoms with van der Waals surface area (Å²) >= 11 is 0. The van der Waals surface area contributed by atoms with Crippen molar-refractivity contribution < 1.29 is 0 Å². The van der Waals surface area contributed by atoms with Gasteiger partial charge in [-0.1, -0.05) is 17.3 Å². The molecule has 3 nitrogen and oxygen atoms in total. The summed E-state index contributed by atoms with van der Waals surface area (Å²) in [7, 11) is 0. The lowest BCUT2D eigenvalue weighted by Gasteiger charge is -1.98. The molecule has 0 atom stereocenters. The Hall–Kier alpha value is -1.38. The molecule has 1 aliphatic carbocycles. The van der Waals surface area contributed by atoms with Crippen molar-refractivity contribution in [1.29, 1.82) is 0 Å². The maximum atomic E-state index is 4.14. The van der Waals surface area contributed by atoms with Gasteiger partial charge < -0.3 is 0 Å². The molecule has 66 valence electrons. The van der Waals surface area contributed by atoms with Gasteiger partial charge in [0.25, 0.3) is 0 Å². The van der Waals surface area contributed by atoms with E-state index in [0.717, 1.165) is 23.5 Å². The van der Waals surface area contributed by atoms with E-state index in [0.29, 0.717) is 0 Å². The molecule has 1 fully saturated rings. The van der Waals surface area contributed by atoms with E-state index in [1.54, 1.807) is 0 Å². The third-order valence-electron chi connectivity index (χ3n) is 2.55. The molecule has 0 radical (unpaired) electrons. The maximum absolute atomic E-state index is 4.14. The maximum Gasteiger partial charge on any atom is 0.113 e. The van der Waals surface area contributed by atoms with E-state index in [-0.39, 0.29) is 0 Å². The Balaban J connectivity index is 2.06. The van der Waals surface area contributed by atoms with Crippen LogP contribution in [0.2, 0.25) is 0 Å². The minimum absolute atomic E-state index is 0.852. The number of hydrogen-bond acceptors (Lipinski definition) is 2. The van der Waals surface area contributed by atoms with E-state index in [2.05, 4.69) is 16.4 Å². The Kier molecular flexibility index (Phi) is 1.39. The average molecular weight is 173 g/mol. The van der Waals surface area contributed by atoms with E-state index in [4.69, 9.17) is 0 Å². The lowest BCUT2D eigenvalue weighted by molar-refractivity contribution is 0.559. The lowest BCUT2D eigenvalue weighted by Crippen LogP contribution is -2.01. The van der Waals surface area contributed by atoms with Gasteiger partial charge in [-0.3, -0.25) is 0 Å². The summed E-state index contributed by atoms with van der Waals surface area (Å²) in [5, 5.41) is 8.25. The first-order valence-corrected chi connectivity index (χ1v) is 4.72. The molecule has 1 aromatic heterocycles. The van der Waals surface area contributed by atoms with Crippen LogP contribution in [0.3, 0.4) is 0 Å². The zero-order chi connectivity index (χ0) is 8.67. The Bertz CT molecular complexity index is 428. The Labute approximate surface area is 76.4 Å². The van der Waals surface area contributed by atoms with Gasteiger partial charge in [0.2, 0.25) is 0 Å². The SMILES string of the molecule is c1ccc2c(c1)nnn2CC1CC1. The van der Waals surface area contributed by atoms with Crippen LogP contribution < -0.4 is 0 Å². The summed E-state index contributed by atoms with van der Waals surface area (Å²) in [5.41, 5.74) is 2.16. The molecule has 13 heavy (non-hydrogen) atoms. The molecule has 0 unspecified atom stereocenters. The monoisotopic (exact) mass is 173 g/mol. The van der Waals surface area contributed by atoms with Crippen LogP contribution >= 0.6 is 0 Å². The molecular formula is C10H11N3. The van der Waals surface area contributed by atoms with Crippen LogP contribution in [-0.2, 0) is 6.54 Å². The predicted octanol–water partition coefficient (Wildman–Crippen LogP) is 1.84. The van der Waals surface area contributed by atoms with E-state index in [1.165, 1.54) is 12.8 Å². The van der Waals surface area contributed by atoms with Crippen LogP contribution in [0.25, 0.3) is 11.0 Å². The highest BCUT2D eigenvalue weighted by Gasteiger charge is 2.22. The van der Waals surface area contributed by atoms with Gasteiger partial charge in [-0.25, -0.2) is 4.68 Å². The van der Waals surface area contributed by atoms with Gasteiger partial charge in [0.15, 0.2) is 0 Å². The minimum Gasteiger partial charge on any atom is -0.244 e. The minimum atomic E-state index is 0.852. The molecule has 0 bridgehead atoms. The quantitative estimate of drug-likeness (QED) is 0.693. The molecule has 1 heterocycles. The summed E-state index contributed by atoms with van der Waals surface area (Å²) in [5.74, 6) is 0.852. The number of benzene rings is 1. The molecule has 0 N–H and O–H groups in total. The first kappa shape index (κ1) is 7.06. The van der Waals surface area contributed by atoms with Crippen molar-refractivity contribution in [2.75, 3.05) is 0 Å². The smallest absolute Gasteiger partial charge is 0.113 e. The normalized spacial score (nSPS) is 16.6. The molecule has 1 aliphatic rings. The third-order valence-corrected chi connectivity index (χ3v) is 2.55. The van der Waals surface area contributed by atoms with Crippen molar-refractivity contribution >= 4 is 11.0 Å². The first-order chi connectivity index (χ1) is 6.43. The van der Waals surface area contributed by atoms with Crippen molar-refractivity contribution in [1.82, 2.24) is 15.0 Å². The fourth-order valence-corrected chi connectivity index (χ4v) is 1.60. The number of rotatable bonds is 2. The van der Waals surface area contributed by atoms with E-state index < -0.39 is 0 Å². The van der Waals surface area contributed by atoms with Gasteiger partial charge in [-0.2, -0.15) is 0 Å². The molecule has 0 aliphatic heterocycles. The second-order valence-corrected chi connectivity index (χ2v) is 3.70. The molecule has 0 spiro atoms. The van der Waals surface area contributed by atoms with Gasteiger partial charge in [0, 0.05) is 6.54 Å². The van der Waals surface area contributed by atoms with Gasteiger partial charge in [-0.05, 0) is 30.9 Å². The highest BCUT2D eigenvalue weighted by molar-refractivity contribution is 5.73. The summed E-state index contributed by atoms with van der Waals surface area (Å²) in [6.07, 6.45) is 2.71. The number of fused-ring (bicyclic) bond motifs is 1. The van der Waals surface area contributed by atoms with E-state index >= 15 is 0 Å². The van der Waals surface area contributed by atoms with Crippen LogP contribution in [0.4, 0.5) is 0 Å². The fraction of sp³-hybridized carbons (Fsp3) is 0.400. The van der Waals surface area contributed by atoms with Crippen molar-refractivity contribution in [3.8, 4) is 0 Å². The standard InChI is InChI=1S/C10H11N3/c1-2-4-10-9(3-1)11-12-13(10)7-8-5-6-8/h1-4,8H,5-7H2. The Morgan fingerprint density at radius 1 is 1.31 bits per heavy atom. The topological polar surface area (TPSA) is 30.7 Å². The summed E-state index contributed by atoms with van der Waals surface area (Å²) in [4.78, 5) is 0. The van der Waals surface area contributed by atoms with Crippen LogP contribution in [-0.4, -0.2) is 15.0 Å². The number of hydrogen-bond donors (Lipinski definition) is 0. The number of para-hydroxylation sites is 1. The average Bonchev–Trinajstić information content (AvgIpc) is 2.88. The molecule has 1 saturated carbocycles. The third kappa shape index (κ3) is 1.20. The molecule has 3 rings (SSSR count). The Morgan fingerprint density at radius 3 is 3.00 bits per heavy atom. The zero-order valence-corrected chi connectivity index (χ0v) is 7.35. The molecule has 0 amide bonds. The van der Waals surface area contributed by atoms with Gasteiger partial charge in [0.1, 0.15) is 5.52 Å². The van der Waals surface area contributed by atoms with E-state index in [1.807, 2.05) is 22.9 Å². The van der Waals surface area contributed by atoms with Gasteiger partial charge in [-0.15, -0.1) is 5.10 Å². The summed E-state index contributed by atoms with van der Waals surface area (Å²) in [6, 6.07) is 8.12. The highest BCUT2D eigenvalue weighted by atomic mass is 15.4. The number of nitrogens with zero attached hydrogens (tertiary/aromatic N) is 3. The zero-order valence-electron chi connectivity index (χ0n) is 7.35. The molecule has 2 aromatic rings. The largest absolute Gasteiger partial charge is 0.244 e. The van der Waals surface area contributed by atoms with Crippen molar-refractivity contribution in [2.45, 2.75) is 19.4 Å². The molecule has 0 saturated heterocycles. The van der Waals surface area contributed by atoms with Gasteiger partial charge in [0.05, 0.1) is 5.52 Å². The first-order valence-electron chi connectivity index (χ1n) is 4.72. The second kappa shape index (κ2) is 2.55. The van der Waals surface area contributed by atoms with Crippen LogP contribution in [0.1, 0.15) is 12.8 Å². The van der Waals surface area contributed by atoms with Crippen molar-refractivity contribution in [3.05, 3.63) is 24.3 Å². The molecule has 3 heteroatoms. The van der Waals surface area contributed by atoms with Crippen LogP contribution in [0.15, 0.2) is 24.3 Å². The van der Waals surface area contributed by atoms with Crippen molar-refractivity contribution in [2.24, 2.45) is 5.92 Å². The highest BCUT2D eigenvalue weighted by Crippen LogP contribution is 2.31. The second-order valence-electron chi connectivity index (χ2n) is 3.70. The predicted molar refractivity (Wildman–Crippen MR) is 50.3 cm³/mol. The van der Waals surface area contributed by atoms with Crippen LogP contribution in [0.5, 0.6) is 0 Å². The Morgan fingerprint density at radius 2 is 2.15 bits per heavy atom. The lowest BCUT2D eigenvalue weighted by atomic mass is 10.3. The fourth-order valence-electron chi connectivity index (χ4n) is 1.60. The van der Waals surface area contributed by atoms with E-state index in [9.17, 15) is 0 Å². The van der Waals surface area contributed by atoms with Crippen molar-refractivity contribution in [3.63, 3.8) is 0 Å². The van der Waals surface area contributed by atoms with Gasteiger partial charge >= 0.3 is 0 Å². The van der Waals surface area contributed by atoms with Crippen LogP contribution in [0, 0.1) is 5.92 Å². The molecular weight excluding hydrogens is 162 g/mol. The summed E-state index contributed by atoms with van der Waals surface area (Å²) in [6.45, 7) is 1.04. The molecule has 1 aromatic carbocycles. The summed E-state index contributed by atoms with van der Waals surface area (Å²) < 4.78 is 2.02. The number of aromatic nitrogens is 3.